The molecule has 0 aromatic heterocycles. The van der Waals surface area contributed by atoms with Crippen LogP contribution in [0.25, 0.3) is 6.08 Å². The third-order valence-corrected chi connectivity index (χ3v) is 6.79. The highest BCUT2D eigenvalue weighted by Crippen LogP contribution is 2.35. The second kappa shape index (κ2) is 12.7. The zero-order valence-electron chi connectivity index (χ0n) is 21.3. The van der Waals surface area contributed by atoms with E-state index in [4.69, 9.17) is 25.8 Å². The van der Waals surface area contributed by atoms with Crippen LogP contribution in [0, 0.1) is 0 Å². The molecule has 0 N–H and O–H groups in total. The van der Waals surface area contributed by atoms with Crippen LogP contribution in [0.4, 0.5) is 5.69 Å². The van der Waals surface area contributed by atoms with Crippen LogP contribution in [0.1, 0.15) is 35.3 Å². The van der Waals surface area contributed by atoms with E-state index in [0.717, 1.165) is 11.1 Å². The highest BCUT2D eigenvalue weighted by molar-refractivity contribution is 8.18. The fourth-order valence-electron chi connectivity index (χ4n) is 3.54. The Hall–Kier alpha value is -3.75. The first kappa shape index (κ1) is 27.3. The average Bonchev–Trinajstić information content (AvgIpc) is 3.17. The van der Waals surface area contributed by atoms with Crippen LogP contribution in [-0.2, 0) is 16.1 Å². The van der Waals surface area contributed by atoms with Gasteiger partial charge in [0, 0.05) is 12.1 Å². The van der Waals surface area contributed by atoms with Crippen molar-refractivity contribution < 1.29 is 23.8 Å². The van der Waals surface area contributed by atoms with Crippen molar-refractivity contribution in [1.29, 1.82) is 0 Å². The summed E-state index contributed by atoms with van der Waals surface area (Å²) in [4.78, 5) is 31.4. The number of halogens is 1. The molecule has 0 atom stereocenters. The number of ether oxygens (including phenoxy) is 3. The predicted molar refractivity (Wildman–Crippen MR) is 151 cm³/mol. The van der Waals surface area contributed by atoms with Crippen LogP contribution in [0.3, 0.4) is 0 Å². The van der Waals surface area contributed by atoms with Gasteiger partial charge in [-0.15, -0.1) is 0 Å². The number of amides is 1. The molecule has 1 heterocycles. The minimum atomic E-state index is -0.382. The molecule has 0 aliphatic carbocycles. The molecule has 38 heavy (non-hydrogen) atoms. The Morgan fingerprint density at radius 1 is 0.974 bits per heavy atom. The molecule has 7 nitrogen and oxygen atoms in total. The van der Waals surface area contributed by atoms with Crippen LogP contribution in [0.15, 0.2) is 76.6 Å². The number of nitrogens with zero attached hydrogens (tertiary/aromatic N) is 2. The SMILES string of the molecule is CCOC(=O)c1ccc(N=C2SC(=Cc3ccc(OCc4ccc(Cl)cc4)c(OCC)c3)C(=O)N2C)cc1. The second-order valence-electron chi connectivity index (χ2n) is 8.19. The number of benzene rings is 3. The maximum atomic E-state index is 12.9. The molecule has 0 bridgehead atoms. The van der Waals surface area contributed by atoms with E-state index in [9.17, 15) is 9.59 Å². The van der Waals surface area contributed by atoms with Crippen LogP contribution >= 0.6 is 23.4 Å². The highest BCUT2D eigenvalue weighted by Gasteiger charge is 2.30. The number of aliphatic imine (C=N–C) groups is 1. The van der Waals surface area contributed by atoms with E-state index in [1.807, 2.05) is 49.4 Å². The summed E-state index contributed by atoms with van der Waals surface area (Å²) in [5.74, 6) is 0.667. The largest absolute Gasteiger partial charge is 0.490 e. The Balaban J connectivity index is 1.50. The summed E-state index contributed by atoms with van der Waals surface area (Å²) in [6.45, 7) is 4.82. The number of esters is 1. The number of carbonyl (C=O) groups is 2. The Bertz CT molecular complexity index is 1370. The van der Waals surface area contributed by atoms with Crippen molar-refractivity contribution in [3.05, 3.63) is 93.3 Å². The molecule has 1 saturated heterocycles. The van der Waals surface area contributed by atoms with Gasteiger partial charge in [0.25, 0.3) is 5.91 Å². The zero-order chi connectivity index (χ0) is 27.1. The lowest BCUT2D eigenvalue weighted by atomic mass is 10.1. The lowest BCUT2D eigenvalue weighted by Crippen LogP contribution is -2.23. The van der Waals surface area contributed by atoms with Gasteiger partial charge in [-0.05, 0) is 91.3 Å². The lowest BCUT2D eigenvalue weighted by molar-refractivity contribution is -0.121. The van der Waals surface area contributed by atoms with Crippen molar-refractivity contribution in [3.63, 3.8) is 0 Å². The topological polar surface area (TPSA) is 77.4 Å². The fraction of sp³-hybridized carbons (Fsp3) is 0.207. The van der Waals surface area contributed by atoms with Crippen LogP contribution < -0.4 is 9.47 Å². The van der Waals surface area contributed by atoms with E-state index in [0.29, 0.717) is 57.7 Å². The third-order valence-electron chi connectivity index (χ3n) is 5.48. The van der Waals surface area contributed by atoms with Crippen molar-refractivity contribution in [2.24, 2.45) is 4.99 Å². The number of amidine groups is 1. The molecule has 0 radical (unpaired) electrons. The molecule has 0 spiro atoms. The molecule has 196 valence electrons. The molecular formula is C29H27ClN2O5S. The number of hydrogen-bond donors (Lipinski definition) is 0. The first-order valence-corrected chi connectivity index (χ1v) is 13.2. The van der Waals surface area contributed by atoms with Crippen molar-refractivity contribution >= 4 is 52.2 Å². The molecule has 0 unspecified atom stereocenters. The number of likely N-dealkylation sites (N-methyl/N-ethyl adjacent to an activating group) is 1. The van der Waals surface area contributed by atoms with Crippen LogP contribution in [0.2, 0.25) is 5.02 Å². The van der Waals surface area contributed by atoms with Gasteiger partial charge in [-0.25, -0.2) is 9.79 Å². The summed E-state index contributed by atoms with van der Waals surface area (Å²) >= 11 is 7.24. The summed E-state index contributed by atoms with van der Waals surface area (Å²) in [5.41, 5.74) is 2.87. The van der Waals surface area contributed by atoms with Crippen molar-refractivity contribution in [3.8, 4) is 11.5 Å². The molecule has 4 rings (SSSR count). The van der Waals surface area contributed by atoms with Crippen molar-refractivity contribution in [2.75, 3.05) is 20.3 Å². The van der Waals surface area contributed by atoms with Gasteiger partial charge in [0.2, 0.25) is 0 Å². The number of thioether (sulfide) groups is 1. The Labute approximate surface area is 231 Å². The van der Waals surface area contributed by atoms with E-state index in [1.54, 1.807) is 44.3 Å². The quantitative estimate of drug-likeness (QED) is 0.217. The van der Waals surface area contributed by atoms with Gasteiger partial charge < -0.3 is 14.2 Å². The molecule has 1 aliphatic rings. The fourth-order valence-corrected chi connectivity index (χ4v) is 4.66. The minimum Gasteiger partial charge on any atom is -0.490 e. The van der Waals surface area contributed by atoms with Crippen LogP contribution in [-0.4, -0.2) is 42.2 Å². The number of carbonyl (C=O) groups excluding carboxylic acids is 2. The summed E-state index contributed by atoms with van der Waals surface area (Å²) in [5, 5.41) is 1.21. The summed E-state index contributed by atoms with van der Waals surface area (Å²) in [6, 6.07) is 19.8. The molecule has 3 aromatic rings. The van der Waals surface area contributed by atoms with Crippen molar-refractivity contribution in [1.82, 2.24) is 4.90 Å². The third kappa shape index (κ3) is 6.76. The van der Waals surface area contributed by atoms with Crippen LogP contribution in [0.5, 0.6) is 11.5 Å². The van der Waals surface area contributed by atoms with Gasteiger partial charge in [0.1, 0.15) is 6.61 Å². The number of rotatable bonds is 9. The second-order valence-corrected chi connectivity index (χ2v) is 9.64. The monoisotopic (exact) mass is 550 g/mol. The van der Waals surface area contributed by atoms with Gasteiger partial charge in [-0.3, -0.25) is 9.69 Å². The van der Waals surface area contributed by atoms with Gasteiger partial charge in [0.05, 0.1) is 29.4 Å². The Morgan fingerprint density at radius 3 is 2.39 bits per heavy atom. The molecule has 1 aliphatic heterocycles. The van der Waals surface area contributed by atoms with E-state index in [-0.39, 0.29) is 11.9 Å². The molecule has 1 amide bonds. The van der Waals surface area contributed by atoms with E-state index in [2.05, 4.69) is 4.99 Å². The molecule has 3 aromatic carbocycles. The number of hydrogen-bond acceptors (Lipinski definition) is 7. The maximum Gasteiger partial charge on any atom is 0.338 e. The summed E-state index contributed by atoms with van der Waals surface area (Å²) in [6.07, 6.45) is 1.81. The van der Waals surface area contributed by atoms with Gasteiger partial charge in [-0.2, -0.15) is 0 Å². The first-order valence-electron chi connectivity index (χ1n) is 12.1. The van der Waals surface area contributed by atoms with E-state index < -0.39 is 0 Å². The van der Waals surface area contributed by atoms with Gasteiger partial charge >= 0.3 is 5.97 Å². The lowest BCUT2D eigenvalue weighted by Gasteiger charge is -2.13. The molecule has 0 saturated carbocycles. The zero-order valence-corrected chi connectivity index (χ0v) is 22.8. The van der Waals surface area contributed by atoms with Gasteiger partial charge in [0.15, 0.2) is 16.7 Å². The summed E-state index contributed by atoms with van der Waals surface area (Å²) < 4.78 is 16.8. The Morgan fingerprint density at radius 2 is 1.71 bits per heavy atom. The van der Waals surface area contributed by atoms with E-state index >= 15 is 0 Å². The Kier molecular flexibility index (Phi) is 9.10. The molecular weight excluding hydrogens is 524 g/mol. The smallest absolute Gasteiger partial charge is 0.338 e. The highest BCUT2D eigenvalue weighted by atomic mass is 35.5. The summed E-state index contributed by atoms with van der Waals surface area (Å²) in [7, 11) is 1.68. The minimum absolute atomic E-state index is 0.155. The first-order chi connectivity index (χ1) is 18.4. The average molecular weight is 551 g/mol. The molecule has 1 fully saturated rings. The normalized spacial score (nSPS) is 15.3. The standard InChI is InChI=1S/C29H27ClN2O5S/c1-4-35-25-16-20(8-15-24(25)37-18-19-6-11-22(30)12-7-19)17-26-27(33)32(3)29(38-26)31-23-13-9-21(10-14-23)28(34)36-5-2/h6-17H,4-5,18H2,1-3H3. The predicted octanol–water partition coefficient (Wildman–Crippen LogP) is 6.73. The van der Waals surface area contributed by atoms with Gasteiger partial charge in [-0.1, -0.05) is 29.8 Å². The van der Waals surface area contributed by atoms with E-state index in [1.165, 1.54) is 16.7 Å². The molecule has 9 heteroatoms. The maximum absolute atomic E-state index is 12.9. The van der Waals surface area contributed by atoms with Crippen molar-refractivity contribution in [2.45, 2.75) is 20.5 Å².